The van der Waals surface area contributed by atoms with Crippen LogP contribution in [0.2, 0.25) is 0 Å². The Bertz CT molecular complexity index is 594. The second kappa shape index (κ2) is 6.24. The first-order valence-corrected chi connectivity index (χ1v) is 8.24. The number of hydrogen-bond donors (Lipinski definition) is 1. The molecule has 7 nitrogen and oxygen atoms in total. The average Bonchev–Trinajstić information content (AvgIpc) is 3.28. The first-order valence-electron chi connectivity index (χ1n) is 8.24. The third-order valence-electron chi connectivity index (χ3n) is 4.59. The monoisotopic (exact) mass is 307 g/mol. The minimum Gasteiger partial charge on any atom is -0.355 e. The number of nitrogens with zero attached hydrogens (tertiary/aromatic N) is 4. The quantitative estimate of drug-likeness (QED) is 0.845. The number of hydrogen-bond acceptors (Lipinski definition) is 4. The molecule has 1 aliphatic heterocycles. The fourth-order valence-electron chi connectivity index (χ4n) is 3.26. The van der Waals surface area contributed by atoms with Crippen LogP contribution in [-0.2, 0) is 11.8 Å². The molecular formula is C15H25N5O2. The van der Waals surface area contributed by atoms with Gasteiger partial charge in [0.15, 0.2) is 0 Å². The third kappa shape index (κ3) is 3.09. The maximum absolute atomic E-state index is 12.2. The van der Waals surface area contributed by atoms with E-state index in [1.807, 2.05) is 11.5 Å². The Balaban J connectivity index is 1.63. The summed E-state index contributed by atoms with van der Waals surface area (Å²) >= 11 is 0. The van der Waals surface area contributed by atoms with E-state index in [9.17, 15) is 9.59 Å². The van der Waals surface area contributed by atoms with E-state index in [0.717, 1.165) is 44.6 Å². The van der Waals surface area contributed by atoms with Gasteiger partial charge in [-0.25, -0.2) is 9.48 Å². The van der Waals surface area contributed by atoms with E-state index in [2.05, 4.69) is 15.3 Å². The molecule has 1 aromatic rings. The fraction of sp³-hybridized carbons (Fsp3) is 0.800. The van der Waals surface area contributed by atoms with Gasteiger partial charge in [-0.1, -0.05) is 0 Å². The van der Waals surface area contributed by atoms with E-state index in [0.29, 0.717) is 25.0 Å². The first kappa shape index (κ1) is 15.3. The molecule has 22 heavy (non-hydrogen) atoms. The summed E-state index contributed by atoms with van der Waals surface area (Å²) in [6.07, 6.45) is 4.11. The molecule has 1 aromatic heterocycles. The highest BCUT2D eigenvalue weighted by molar-refractivity contribution is 5.77. The van der Waals surface area contributed by atoms with E-state index in [-0.39, 0.29) is 11.6 Å². The second-order valence-electron chi connectivity index (χ2n) is 6.37. The number of nitrogens with one attached hydrogen (secondary N) is 1. The summed E-state index contributed by atoms with van der Waals surface area (Å²) in [6.45, 7) is 4.85. The lowest BCUT2D eigenvalue weighted by atomic mass is 9.96. The van der Waals surface area contributed by atoms with Crippen LogP contribution in [0.25, 0.3) is 0 Å². The van der Waals surface area contributed by atoms with Gasteiger partial charge in [-0.2, -0.15) is 5.10 Å². The van der Waals surface area contributed by atoms with Crippen LogP contribution in [0.5, 0.6) is 0 Å². The highest BCUT2D eigenvalue weighted by atomic mass is 16.2. The van der Waals surface area contributed by atoms with Crippen molar-refractivity contribution in [3.8, 4) is 0 Å². The van der Waals surface area contributed by atoms with Crippen LogP contribution in [0.3, 0.4) is 0 Å². The van der Waals surface area contributed by atoms with Crippen LogP contribution in [0.1, 0.15) is 50.4 Å². The van der Waals surface area contributed by atoms with Gasteiger partial charge >= 0.3 is 5.69 Å². The molecule has 1 saturated heterocycles. The van der Waals surface area contributed by atoms with Crippen molar-refractivity contribution in [1.29, 1.82) is 0 Å². The van der Waals surface area contributed by atoms with Crippen LogP contribution in [0.4, 0.5) is 0 Å². The smallest absolute Gasteiger partial charge is 0.345 e. The summed E-state index contributed by atoms with van der Waals surface area (Å²) in [7, 11) is 1.73. The van der Waals surface area contributed by atoms with Gasteiger partial charge in [0.2, 0.25) is 5.91 Å². The van der Waals surface area contributed by atoms with E-state index in [1.54, 1.807) is 7.05 Å². The number of likely N-dealkylation sites (N-methyl/N-ethyl adjacent to an activating group) is 1. The summed E-state index contributed by atoms with van der Waals surface area (Å²) in [5.74, 6) is 1.38. The van der Waals surface area contributed by atoms with Gasteiger partial charge in [-0.05, 0) is 45.7 Å². The summed E-state index contributed by atoms with van der Waals surface area (Å²) in [6, 6.07) is 0.365. The SMILES string of the molecule is CCNC(=O)CN1CCC(c2nn(C)c(=O)n2C2CC2)CC1. The summed E-state index contributed by atoms with van der Waals surface area (Å²) in [4.78, 5) is 26.0. The van der Waals surface area contributed by atoms with Gasteiger partial charge in [0.25, 0.3) is 0 Å². The van der Waals surface area contributed by atoms with Gasteiger partial charge in [0.1, 0.15) is 5.82 Å². The zero-order valence-electron chi connectivity index (χ0n) is 13.4. The third-order valence-corrected chi connectivity index (χ3v) is 4.59. The molecule has 0 unspecified atom stereocenters. The van der Waals surface area contributed by atoms with Crippen molar-refractivity contribution >= 4 is 5.91 Å². The van der Waals surface area contributed by atoms with Crippen molar-refractivity contribution in [3.05, 3.63) is 16.3 Å². The van der Waals surface area contributed by atoms with E-state index in [1.165, 1.54) is 4.68 Å². The minimum absolute atomic E-state index is 0.0160. The maximum Gasteiger partial charge on any atom is 0.345 e. The van der Waals surface area contributed by atoms with E-state index in [4.69, 9.17) is 0 Å². The van der Waals surface area contributed by atoms with Crippen molar-refractivity contribution in [3.63, 3.8) is 0 Å². The first-order chi connectivity index (χ1) is 10.6. The molecule has 1 amide bonds. The number of piperidine rings is 1. The van der Waals surface area contributed by atoms with Crippen LogP contribution in [-0.4, -0.2) is 51.3 Å². The molecule has 0 spiro atoms. The Morgan fingerprint density at radius 3 is 2.55 bits per heavy atom. The Morgan fingerprint density at radius 2 is 1.95 bits per heavy atom. The predicted molar refractivity (Wildman–Crippen MR) is 82.8 cm³/mol. The van der Waals surface area contributed by atoms with Crippen molar-refractivity contribution in [2.75, 3.05) is 26.2 Å². The highest BCUT2D eigenvalue weighted by Gasteiger charge is 2.33. The summed E-state index contributed by atoms with van der Waals surface area (Å²) < 4.78 is 3.37. The largest absolute Gasteiger partial charge is 0.355 e. The van der Waals surface area contributed by atoms with Crippen molar-refractivity contribution in [2.24, 2.45) is 7.05 Å². The van der Waals surface area contributed by atoms with Crippen molar-refractivity contribution in [1.82, 2.24) is 24.6 Å². The van der Waals surface area contributed by atoms with Gasteiger partial charge in [0, 0.05) is 25.6 Å². The lowest BCUT2D eigenvalue weighted by Gasteiger charge is -2.31. The minimum atomic E-state index is 0.0160. The molecule has 0 aromatic carbocycles. The number of aromatic nitrogens is 3. The molecule has 0 atom stereocenters. The fourth-order valence-corrected chi connectivity index (χ4v) is 3.26. The Hall–Kier alpha value is -1.63. The molecule has 1 saturated carbocycles. The van der Waals surface area contributed by atoms with Crippen molar-refractivity contribution < 1.29 is 4.79 Å². The Kier molecular flexibility index (Phi) is 4.33. The van der Waals surface area contributed by atoms with Gasteiger partial charge < -0.3 is 5.32 Å². The molecule has 3 rings (SSSR count). The second-order valence-corrected chi connectivity index (χ2v) is 6.37. The maximum atomic E-state index is 12.2. The lowest BCUT2D eigenvalue weighted by molar-refractivity contribution is -0.122. The van der Waals surface area contributed by atoms with Crippen LogP contribution in [0, 0.1) is 0 Å². The van der Waals surface area contributed by atoms with E-state index < -0.39 is 0 Å². The van der Waals surface area contributed by atoms with Crippen molar-refractivity contribution in [2.45, 2.75) is 44.6 Å². The highest BCUT2D eigenvalue weighted by Crippen LogP contribution is 2.37. The number of rotatable bonds is 5. The number of aryl methyl sites for hydroxylation is 1. The normalized spacial score (nSPS) is 20.3. The predicted octanol–water partition coefficient (Wildman–Crippen LogP) is 0.232. The Labute approximate surface area is 130 Å². The molecular weight excluding hydrogens is 282 g/mol. The van der Waals surface area contributed by atoms with Crippen LogP contribution >= 0.6 is 0 Å². The zero-order chi connectivity index (χ0) is 15.7. The molecule has 2 aliphatic rings. The molecule has 2 fully saturated rings. The number of carbonyl (C=O) groups excluding carboxylic acids is 1. The lowest BCUT2D eigenvalue weighted by Crippen LogP contribution is -2.41. The summed E-state index contributed by atoms with van der Waals surface area (Å²) in [5, 5.41) is 7.32. The molecule has 2 heterocycles. The van der Waals surface area contributed by atoms with Gasteiger partial charge in [-0.3, -0.25) is 14.3 Å². The average molecular weight is 307 g/mol. The van der Waals surface area contributed by atoms with Crippen LogP contribution < -0.4 is 11.0 Å². The molecule has 122 valence electrons. The topological polar surface area (TPSA) is 72.2 Å². The Morgan fingerprint density at radius 1 is 1.27 bits per heavy atom. The number of amides is 1. The van der Waals surface area contributed by atoms with E-state index >= 15 is 0 Å². The van der Waals surface area contributed by atoms with Gasteiger partial charge in [-0.15, -0.1) is 0 Å². The molecule has 7 heteroatoms. The molecule has 1 N–H and O–H groups in total. The zero-order valence-corrected chi connectivity index (χ0v) is 13.4. The summed E-state index contributed by atoms with van der Waals surface area (Å²) in [5.41, 5.74) is 0.0160. The van der Waals surface area contributed by atoms with Crippen LogP contribution in [0.15, 0.2) is 4.79 Å². The number of carbonyl (C=O) groups is 1. The molecule has 0 bridgehead atoms. The molecule has 0 radical (unpaired) electrons. The number of likely N-dealkylation sites (tertiary alicyclic amines) is 1. The van der Waals surface area contributed by atoms with Gasteiger partial charge in [0.05, 0.1) is 6.54 Å². The molecule has 1 aliphatic carbocycles. The standard InChI is InChI=1S/C15H25N5O2/c1-3-16-13(21)10-19-8-6-11(7-9-19)14-17-18(2)15(22)20(14)12-4-5-12/h11-12H,3-10H2,1-2H3,(H,16,21).